The molecule has 1 saturated carbocycles. The standard InChI is InChI=1S/C78H88BN3S2/c1-45-35-47(71(3,4)5)36-46(2)67(45)80(50-25-27-53-52-23-19-20-24-63(52)83-64(53)42-50)51-40-61-66-62(41-51)82-69-59(77(17)29-21-22-30-78(77,82)18)37-48(72(6,7)8)38-60(69)79(66)70-68(54-43-57-58(44-65(54)84-70)76(15,16)34-33-75(57,13)14)81(61)49-26-28-55-56(39-49)74(11,12)32-31-73(55,9)10/h19-20,23-28,35-44H,21-22,29-34H2,1-18H3. The van der Waals surface area contributed by atoms with E-state index in [2.05, 4.69) is 260 Å². The second-order valence-corrected chi connectivity index (χ2v) is 34.5. The van der Waals surface area contributed by atoms with Gasteiger partial charge in [-0.25, -0.2) is 0 Å². The molecule has 2 unspecified atom stereocenters. The Kier molecular flexibility index (Phi) is 11.4. The fourth-order valence-corrected chi connectivity index (χ4v) is 19.9. The highest BCUT2D eigenvalue weighted by molar-refractivity contribution is 7.33. The lowest BCUT2D eigenvalue weighted by molar-refractivity contribution is 0.195. The number of hydrogen-bond donors (Lipinski definition) is 0. The maximum Gasteiger partial charge on any atom is 0.264 e. The largest absolute Gasteiger partial charge is 0.335 e. The first-order valence-electron chi connectivity index (χ1n) is 32.0. The molecule has 1 fully saturated rings. The van der Waals surface area contributed by atoms with Crippen molar-refractivity contribution in [2.24, 2.45) is 0 Å². The summed E-state index contributed by atoms with van der Waals surface area (Å²) in [4.78, 5) is 8.52. The molecule has 2 aromatic heterocycles. The van der Waals surface area contributed by atoms with Crippen LogP contribution in [0, 0.1) is 13.8 Å². The van der Waals surface area contributed by atoms with Gasteiger partial charge in [0.2, 0.25) is 0 Å². The molecule has 2 atom stereocenters. The van der Waals surface area contributed by atoms with Gasteiger partial charge in [-0.3, -0.25) is 0 Å². The topological polar surface area (TPSA) is 9.72 Å². The van der Waals surface area contributed by atoms with Crippen LogP contribution in [-0.2, 0) is 37.9 Å². The van der Waals surface area contributed by atoms with Gasteiger partial charge in [-0.05, 0) is 207 Å². The number of hydrogen-bond acceptors (Lipinski definition) is 5. The molecule has 7 aromatic carbocycles. The normalized spacial score (nSPS) is 22.2. The summed E-state index contributed by atoms with van der Waals surface area (Å²) in [5.41, 5.74) is 26.6. The maximum atomic E-state index is 2.98. The Hall–Kier alpha value is -5.82. The number of aryl methyl sites for hydroxylation is 2. The van der Waals surface area contributed by atoms with Gasteiger partial charge >= 0.3 is 0 Å². The lowest BCUT2D eigenvalue weighted by Gasteiger charge is -2.53. The van der Waals surface area contributed by atoms with Gasteiger partial charge in [-0.15, -0.1) is 22.7 Å². The Morgan fingerprint density at radius 2 is 1.06 bits per heavy atom. The highest BCUT2D eigenvalue weighted by atomic mass is 32.1. The highest BCUT2D eigenvalue weighted by Gasteiger charge is 2.62. The van der Waals surface area contributed by atoms with Crippen molar-refractivity contribution < 1.29 is 0 Å². The van der Waals surface area contributed by atoms with E-state index in [0.717, 1.165) is 6.42 Å². The van der Waals surface area contributed by atoms with Gasteiger partial charge in [-0.1, -0.05) is 171 Å². The zero-order valence-corrected chi connectivity index (χ0v) is 55.4. The molecule has 15 rings (SSSR count). The monoisotopic (exact) mass is 1140 g/mol. The molecule has 84 heavy (non-hydrogen) atoms. The first-order chi connectivity index (χ1) is 39.4. The van der Waals surface area contributed by atoms with E-state index < -0.39 is 0 Å². The molecule has 3 aliphatic carbocycles. The van der Waals surface area contributed by atoms with Crippen LogP contribution < -0.4 is 30.4 Å². The van der Waals surface area contributed by atoms with Crippen LogP contribution in [0.2, 0.25) is 0 Å². The van der Waals surface area contributed by atoms with E-state index in [4.69, 9.17) is 0 Å². The van der Waals surface area contributed by atoms with E-state index in [9.17, 15) is 0 Å². The fourth-order valence-electron chi connectivity index (χ4n) is 17.4. The van der Waals surface area contributed by atoms with Crippen LogP contribution in [0.25, 0.3) is 30.3 Å². The van der Waals surface area contributed by atoms with Crippen LogP contribution in [0.15, 0.2) is 109 Å². The summed E-state index contributed by atoms with van der Waals surface area (Å²) < 4.78 is 5.58. The van der Waals surface area contributed by atoms with Gasteiger partial charge in [0.05, 0.1) is 22.6 Å². The predicted molar refractivity (Wildman–Crippen MR) is 369 cm³/mol. The van der Waals surface area contributed by atoms with Crippen LogP contribution in [0.3, 0.4) is 0 Å². The lowest BCUT2D eigenvalue weighted by Crippen LogP contribution is -2.64. The Morgan fingerprint density at radius 3 is 1.74 bits per heavy atom. The van der Waals surface area contributed by atoms with Gasteiger partial charge in [0.15, 0.2) is 0 Å². The average molecular weight is 1140 g/mol. The van der Waals surface area contributed by atoms with Gasteiger partial charge in [0.1, 0.15) is 0 Å². The molecule has 6 heteroatoms. The SMILES string of the molecule is Cc1cc(C(C)(C)C)cc(C)c1N(c1cc2c3c(c1)N1c4c(cc(C(C)(C)C)cc4C4(C)CCCCC14C)B3c1sc3cc4c(cc3c1N2c1ccc2c(c1)C(C)(C)CCC2(C)C)C(C)(C)CCC4(C)C)c1ccc2c(c1)sc1ccccc12. The highest BCUT2D eigenvalue weighted by Crippen LogP contribution is 2.64. The average Bonchev–Trinajstić information content (AvgIpc) is 1.45. The Balaban J connectivity index is 1.12. The Bertz CT molecular complexity index is 4310. The van der Waals surface area contributed by atoms with Crippen molar-refractivity contribution in [3.05, 3.63) is 159 Å². The van der Waals surface area contributed by atoms with Crippen LogP contribution in [0.1, 0.15) is 212 Å². The van der Waals surface area contributed by atoms with Crippen molar-refractivity contribution in [2.75, 3.05) is 14.7 Å². The second-order valence-electron chi connectivity index (χ2n) is 32.3. The smallest absolute Gasteiger partial charge is 0.264 e. The van der Waals surface area contributed by atoms with E-state index in [1.165, 1.54) is 175 Å². The number of fused-ring (bicyclic) bond motifs is 14. The zero-order valence-electron chi connectivity index (χ0n) is 53.8. The van der Waals surface area contributed by atoms with Crippen molar-refractivity contribution in [1.29, 1.82) is 0 Å². The fraction of sp³-hybridized carbons (Fsp3) is 0.436. The summed E-state index contributed by atoms with van der Waals surface area (Å²) in [6.45, 7) is 44.6. The van der Waals surface area contributed by atoms with Crippen LogP contribution in [0.4, 0.5) is 45.5 Å². The third-order valence-electron chi connectivity index (χ3n) is 23.0. The lowest BCUT2D eigenvalue weighted by atomic mass is 9.36. The molecule has 3 nitrogen and oxygen atoms in total. The predicted octanol–water partition coefficient (Wildman–Crippen LogP) is 21.0. The maximum absolute atomic E-state index is 2.98. The molecule has 0 spiro atoms. The molecule has 0 bridgehead atoms. The van der Waals surface area contributed by atoms with Crippen molar-refractivity contribution in [2.45, 2.75) is 219 Å². The minimum Gasteiger partial charge on any atom is -0.335 e. The molecule has 0 N–H and O–H groups in total. The van der Waals surface area contributed by atoms with E-state index in [0.29, 0.717) is 0 Å². The van der Waals surface area contributed by atoms with E-state index in [1.807, 2.05) is 11.3 Å². The van der Waals surface area contributed by atoms with Gasteiger partial charge in [0, 0.05) is 68.9 Å². The summed E-state index contributed by atoms with van der Waals surface area (Å²) in [7, 11) is 0. The minimum absolute atomic E-state index is 0.0000535. The molecule has 0 amide bonds. The Morgan fingerprint density at radius 1 is 0.476 bits per heavy atom. The van der Waals surface area contributed by atoms with E-state index in [-0.39, 0.29) is 50.2 Å². The third kappa shape index (κ3) is 7.53. The molecule has 9 aromatic rings. The van der Waals surface area contributed by atoms with Crippen molar-refractivity contribution >= 4 is 121 Å². The molecular formula is C78H88BN3S2. The van der Waals surface area contributed by atoms with E-state index in [1.54, 1.807) is 11.1 Å². The second kappa shape index (κ2) is 17.5. The molecule has 6 aliphatic rings. The number of thiophene rings is 2. The van der Waals surface area contributed by atoms with Gasteiger partial charge in [-0.2, -0.15) is 0 Å². The van der Waals surface area contributed by atoms with Crippen LogP contribution in [0.5, 0.6) is 0 Å². The number of nitrogens with zero attached hydrogens (tertiary/aromatic N) is 3. The molecular weight excluding hydrogens is 1050 g/mol. The van der Waals surface area contributed by atoms with Crippen molar-refractivity contribution in [3.8, 4) is 0 Å². The van der Waals surface area contributed by atoms with Gasteiger partial charge < -0.3 is 14.7 Å². The molecule has 5 heterocycles. The van der Waals surface area contributed by atoms with Gasteiger partial charge in [0.25, 0.3) is 6.71 Å². The van der Waals surface area contributed by atoms with Crippen LogP contribution >= 0.6 is 22.7 Å². The zero-order chi connectivity index (χ0) is 59.1. The number of anilines is 8. The summed E-state index contributed by atoms with van der Waals surface area (Å²) >= 11 is 4.04. The molecule has 3 aliphatic heterocycles. The summed E-state index contributed by atoms with van der Waals surface area (Å²) in [6, 6.07) is 45.3. The van der Waals surface area contributed by atoms with E-state index >= 15 is 0 Å². The number of rotatable bonds is 4. The molecule has 0 radical (unpaired) electrons. The molecule has 430 valence electrons. The first kappa shape index (κ1) is 54.8. The quantitative estimate of drug-likeness (QED) is 0.163. The first-order valence-corrected chi connectivity index (χ1v) is 33.6. The van der Waals surface area contributed by atoms with Crippen molar-refractivity contribution in [1.82, 2.24) is 0 Å². The van der Waals surface area contributed by atoms with Crippen LogP contribution in [-0.4, -0.2) is 12.3 Å². The number of benzene rings is 7. The van der Waals surface area contributed by atoms with Crippen molar-refractivity contribution in [3.63, 3.8) is 0 Å². The molecule has 0 saturated heterocycles. The third-order valence-corrected chi connectivity index (χ3v) is 25.3. The summed E-state index contributed by atoms with van der Waals surface area (Å²) in [6.07, 6.45) is 9.55. The Labute approximate surface area is 511 Å². The summed E-state index contributed by atoms with van der Waals surface area (Å²) in [5.74, 6) is 0. The minimum atomic E-state index is -0.153. The summed E-state index contributed by atoms with van der Waals surface area (Å²) in [5, 5.41) is 4.07.